The van der Waals surface area contributed by atoms with Gasteiger partial charge in [-0.25, -0.2) is 0 Å². The van der Waals surface area contributed by atoms with Gasteiger partial charge in [-0.05, 0) is 12.8 Å². The van der Waals surface area contributed by atoms with Crippen molar-refractivity contribution in [1.82, 2.24) is 9.78 Å². The maximum Gasteiger partial charge on any atom is 0.161 e. The lowest BCUT2D eigenvalue weighted by Gasteiger charge is -2.07. The van der Waals surface area contributed by atoms with Gasteiger partial charge >= 0.3 is 0 Å². The molecular formula is C11H18N4S. The number of thioether (sulfide) groups is 1. The quantitative estimate of drug-likeness (QED) is 0.859. The van der Waals surface area contributed by atoms with Gasteiger partial charge in [-0.1, -0.05) is 25.6 Å². The van der Waals surface area contributed by atoms with E-state index in [1.54, 1.807) is 11.8 Å². The smallest absolute Gasteiger partial charge is 0.161 e. The molecule has 1 N–H and O–H groups in total. The molecule has 0 spiro atoms. The second kappa shape index (κ2) is 4.49. The number of hydrogen-bond acceptors (Lipinski definition) is 4. The van der Waals surface area contributed by atoms with E-state index in [2.05, 4.69) is 29.3 Å². The van der Waals surface area contributed by atoms with Crippen LogP contribution < -0.4 is 5.32 Å². The first kappa shape index (κ1) is 11.5. The van der Waals surface area contributed by atoms with Gasteiger partial charge in [-0.2, -0.15) is 5.10 Å². The van der Waals surface area contributed by atoms with Crippen LogP contribution in [-0.4, -0.2) is 26.7 Å². The zero-order valence-corrected chi connectivity index (χ0v) is 11.0. The van der Waals surface area contributed by atoms with Crippen molar-refractivity contribution < 1.29 is 0 Å². The summed E-state index contributed by atoms with van der Waals surface area (Å²) >= 11 is 1.79. The van der Waals surface area contributed by atoms with E-state index < -0.39 is 0 Å². The first-order chi connectivity index (χ1) is 7.56. The van der Waals surface area contributed by atoms with Crippen LogP contribution in [-0.2, 0) is 7.05 Å². The fourth-order valence-electron chi connectivity index (χ4n) is 1.64. The summed E-state index contributed by atoms with van der Waals surface area (Å²) in [6.07, 6.45) is 1.99. The molecule has 0 aliphatic carbocycles. The fraction of sp³-hybridized carbons (Fsp3) is 0.636. The average molecular weight is 238 g/mol. The zero-order chi connectivity index (χ0) is 11.7. The van der Waals surface area contributed by atoms with Gasteiger partial charge in [0, 0.05) is 19.0 Å². The highest BCUT2D eigenvalue weighted by Crippen LogP contribution is 2.25. The number of anilines is 1. The van der Waals surface area contributed by atoms with Crippen molar-refractivity contribution >= 4 is 22.6 Å². The molecule has 5 heteroatoms. The van der Waals surface area contributed by atoms with E-state index >= 15 is 0 Å². The summed E-state index contributed by atoms with van der Waals surface area (Å²) in [6.45, 7) is 6.43. The molecule has 0 saturated heterocycles. The summed E-state index contributed by atoms with van der Waals surface area (Å²) in [6, 6.07) is 0.449. The molecule has 1 unspecified atom stereocenters. The SMILES string of the molecule is Cc1nn(C)cc1NC1=NC(C(C)C)CS1. The highest BCUT2D eigenvalue weighted by molar-refractivity contribution is 8.14. The Morgan fingerprint density at radius 3 is 2.81 bits per heavy atom. The van der Waals surface area contributed by atoms with Crippen molar-refractivity contribution in [3.05, 3.63) is 11.9 Å². The number of nitrogens with one attached hydrogen (secondary N) is 1. The molecule has 0 saturated carbocycles. The Morgan fingerprint density at radius 2 is 2.31 bits per heavy atom. The second-order valence-corrected chi connectivity index (χ2v) is 5.49. The van der Waals surface area contributed by atoms with Crippen LogP contribution in [0.3, 0.4) is 0 Å². The molecule has 1 aromatic rings. The van der Waals surface area contributed by atoms with Crippen molar-refractivity contribution in [3.8, 4) is 0 Å². The standard InChI is InChI=1S/C11H18N4S/c1-7(2)10-6-16-11(13-10)12-9-5-15(4)14-8(9)3/h5,7,10H,6H2,1-4H3,(H,12,13). The van der Waals surface area contributed by atoms with Crippen molar-refractivity contribution in [3.63, 3.8) is 0 Å². The Bertz CT molecular complexity index is 408. The van der Waals surface area contributed by atoms with Gasteiger partial charge in [0.1, 0.15) is 0 Å². The molecule has 4 nitrogen and oxygen atoms in total. The van der Waals surface area contributed by atoms with Crippen molar-refractivity contribution in [2.75, 3.05) is 11.1 Å². The van der Waals surface area contributed by atoms with E-state index in [1.807, 2.05) is 24.9 Å². The number of aryl methyl sites for hydroxylation is 2. The first-order valence-corrected chi connectivity index (χ1v) is 6.52. The van der Waals surface area contributed by atoms with Crippen LogP contribution in [0.2, 0.25) is 0 Å². The van der Waals surface area contributed by atoms with Gasteiger partial charge in [-0.15, -0.1) is 0 Å². The Kier molecular flexibility index (Phi) is 3.23. The van der Waals surface area contributed by atoms with Crippen LogP contribution in [0.4, 0.5) is 5.69 Å². The number of amidine groups is 1. The molecule has 0 fully saturated rings. The van der Waals surface area contributed by atoms with Crippen LogP contribution >= 0.6 is 11.8 Å². The van der Waals surface area contributed by atoms with Crippen molar-refractivity contribution in [2.45, 2.75) is 26.8 Å². The molecule has 0 amide bonds. The molecule has 0 bridgehead atoms. The summed E-state index contributed by atoms with van der Waals surface area (Å²) in [5.41, 5.74) is 2.07. The summed E-state index contributed by atoms with van der Waals surface area (Å²) < 4.78 is 1.82. The third kappa shape index (κ3) is 2.40. The lowest BCUT2D eigenvalue weighted by Crippen LogP contribution is -2.12. The Labute approximate surface area is 101 Å². The van der Waals surface area contributed by atoms with E-state index in [1.165, 1.54) is 0 Å². The van der Waals surface area contributed by atoms with Crippen LogP contribution in [0.25, 0.3) is 0 Å². The van der Waals surface area contributed by atoms with Gasteiger partial charge in [0.05, 0.1) is 17.4 Å². The van der Waals surface area contributed by atoms with E-state index in [0.717, 1.165) is 22.3 Å². The predicted molar refractivity (Wildman–Crippen MR) is 70.1 cm³/mol. The summed E-state index contributed by atoms with van der Waals surface area (Å²) in [5, 5.41) is 8.66. The Morgan fingerprint density at radius 1 is 1.56 bits per heavy atom. The van der Waals surface area contributed by atoms with Crippen LogP contribution in [0.5, 0.6) is 0 Å². The monoisotopic (exact) mass is 238 g/mol. The van der Waals surface area contributed by atoms with E-state index in [-0.39, 0.29) is 0 Å². The summed E-state index contributed by atoms with van der Waals surface area (Å²) in [4.78, 5) is 4.66. The van der Waals surface area contributed by atoms with Crippen LogP contribution in [0, 0.1) is 12.8 Å². The Balaban J connectivity index is 2.06. The van der Waals surface area contributed by atoms with Gasteiger partial charge < -0.3 is 5.32 Å². The summed E-state index contributed by atoms with van der Waals surface area (Å²) in [5.74, 6) is 1.70. The fourth-order valence-corrected chi connectivity index (χ4v) is 2.82. The lowest BCUT2D eigenvalue weighted by molar-refractivity contribution is 0.543. The minimum absolute atomic E-state index is 0.449. The highest BCUT2D eigenvalue weighted by Gasteiger charge is 2.21. The van der Waals surface area contributed by atoms with E-state index in [4.69, 9.17) is 0 Å². The minimum atomic E-state index is 0.449. The van der Waals surface area contributed by atoms with Crippen LogP contribution in [0.15, 0.2) is 11.2 Å². The molecule has 0 aromatic carbocycles. The van der Waals surface area contributed by atoms with Gasteiger partial charge in [0.25, 0.3) is 0 Å². The molecule has 2 rings (SSSR count). The Hall–Kier alpha value is -0.970. The van der Waals surface area contributed by atoms with E-state index in [0.29, 0.717) is 12.0 Å². The zero-order valence-electron chi connectivity index (χ0n) is 10.2. The summed E-state index contributed by atoms with van der Waals surface area (Å²) in [7, 11) is 1.93. The highest BCUT2D eigenvalue weighted by atomic mass is 32.2. The third-order valence-corrected chi connectivity index (χ3v) is 3.69. The molecule has 0 radical (unpaired) electrons. The molecule has 1 aromatic heterocycles. The van der Waals surface area contributed by atoms with Crippen molar-refractivity contribution in [1.29, 1.82) is 0 Å². The third-order valence-electron chi connectivity index (χ3n) is 2.70. The average Bonchev–Trinajstić information content (AvgIpc) is 2.75. The molecule has 2 heterocycles. The van der Waals surface area contributed by atoms with E-state index in [9.17, 15) is 0 Å². The molecule has 88 valence electrons. The van der Waals surface area contributed by atoms with Crippen LogP contribution in [0.1, 0.15) is 19.5 Å². The molecule has 1 aliphatic heterocycles. The molecule has 16 heavy (non-hydrogen) atoms. The maximum atomic E-state index is 4.66. The number of aliphatic imine (C=N–C) groups is 1. The minimum Gasteiger partial charge on any atom is -0.332 e. The second-order valence-electron chi connectivity index (χ2n) is 4.48. The van der Waals surface area contributed by atoms with Crippen molar-refractivity contribution in [2.24, 2.45) is 18.0 Å². The number of rotatable bonds is 2. The molecule has 1 atom stereocenters. The van der Waals surface area contributed by atoms with Gasteiger partial charge in [-0.3, -0.25) is 9.67 Å². The molecular weight excluding hydrogens is 220 g/mol. The van der Waals surface area contributed by atoms with Gasteiger partial charge in [0.15, 0.2) is 5.17 Å². The number of hydrogen-bond donors (Lipinski definition) is 1. The normalized spacial score (nSPS) is 20.3. The number of nitrogens with zero attached hydrogens (tertiary/aromatic N) is 3. The molecule has 1 aliphatic rings. The predicted octanol–water partition coefficient (Wildman–Crippen LogP) is 2.27. The number of aromatic nitrogens is 2. The van der Waals surface area contributed by atoms with Gasteiger partial charge in [0.2, 0.25) is 0 Å². The lowest BCUT2D eigenvalue weighted by atomic mass is 10.1. The maximum absolute atomic E-state index is 4.66. The largest absolute Gasteiger partial charge is 0.332 e. The topological polar surface area (TPSA) is 42.2 Å². The first-order valence-electron chi connectivity index (χ1n) is 5.54.